The second kappa shape index (κ2) is 14.0. The molecular weight excluding hydrogens is 360 g/mol. The van der Waals surface area contributed by atoms with Crippen LogP contribution in [0.25, 0.3) is 23.3 Å². The maximum absolute atomic E-state index is 2.36. The standard InChI is InChI=1S/C23H26.C3H8.2C2H6/c1-14-12-16(3)22(13-15(14)2)23-18(5)17(4)20-10-8-7-9-11-21(20)19(23)6;1-3-2;2*1-2/h8-13H,7H2,1-6H3;3H2,1-2H3;2*1-2H3. The van der Waals surface area contributed by atoms with Gasteiger partial charge in [-0.25, -0.2) is 0 Å². The van der Waals surface area contributed by atoms with Gasteiger partial charge in [0, 0.05) is 0 Å². The Hall–Kier alpha value is -2.08. The average molecular weight is 407 g/mol. The molecule has 3 rings (SSSR count). The van der Waals surface area contributed by atoms with Gasteiger partial charge in [0.1, 0.15) is 0 Å². The third-order valence-corrected chi connectivity index (χ3v) is 5.36. The van der Waals surface area contributed by atoms with Crippen molar-refractivity contribution in [3.63, 3.8) is 0 Å². The predicted molar refractivity (Wildman–Crippen MR) is 142 cm³/mol. The summed E-state index contributed by atoms with van der Waals surface area (Å²) in [6.07, 6.45) is 11.4. The van der Waals surface area contributed by atoms with Crippen LogP contribution in [0.3, 0.4) is 0 Å². The molecule has 0 aromatic heterocycles. The zero-order valence-corrected chi connectivity index (χ0v) is 21.9. The van der Waals surface area contributed by atoms with Gasteiger partial charge in [0.15, 0.2) is 0 Å². The number of fused-ring (bicyclic) bond motifs is 1. The monoisotopic (exact) mass is 406 g/mol. The number of benzene rings is 2. The molecule has 0 saturated heterocycles. The molecular formula is C30H46. The molecule has 0 spiro atoms. The van der Waals surface area contributed by atoms with Crippen molar-refractivity contribution in [3.8, 4) is 11.1 Å². The first-order valence-corrected chi connectivity index (χ1v) is 11.9. The lowest BCUT2D eigenvalue weighted by atomic mass is 9.83. The lowest BCUT2D eigenvalue weighted by molar-refractivity contribution is 1.09. The fourth-order valence-electron chi connectivity index (χ4n) is 3.72. The van der Waals surface area contributed by atoms with E-state index < -0.39 is 0 Å². The summed E-state index contributed by atoms with van der Waals surface area (Å²) in [6, 6.07) is 4.68. The molecule has 0 nitrogen and oxygen atoms in total. The van der Waals surface area contributed by atoms with Gasteiger partial charge in [0.25, 0.3) is 0 Å². The number of hydrogen-bond donors (Lipinski definition) is 0. The highest BCUT2D eigenvalue weighted by Gasteiger charge is 2.18. The molecule has 0 aliphatic heterocycles. The van der Waals surface area contributed by atoms with Crippen molar-refractivity contribution >= 4 is 12.2 Å². The van der Waals surface area contributed by atoms with Crippen LogP contribution in [0.5, 0.6) is 0 Å². The van der Waals surface area contributed by atoms with Crippen LogP contribution in [-0.2, 0) is 0 Å². The topological polar surface area (TPSA) is 0 Å². The Labute approximate surface area is 188 Å². The molecule has 0 heterocycles. The van der Waals surface area contributed by atoms with Gasteiger partial charge in [0.05, 0.1) is 0 Å². The Balaban J connectivity index is 0.00000108. The average Bonchev–Trinajstić information content (AvgIpc) is 3.00. The summed E-state index contributed by atoms with van der Waals surface area (Å²) in [5, 5.41) is 0. The molecule has 30 heavy (non-hydrogen) atoms. The van der Waals surface area contributed by atoms with Crippen molar-refractivity contribution in [1.82, 2.24) is 0 Å². The molecule has 2 aromatic carbocycles. The van der Waals surface area contributed by atoms with E-state index in [0.717, 1.165) is 6.42 Å². The molecule has 1 aliphatic carbocycles. The van der Waals surface area contributed by atoms with Gasteiger partial charge in [-0.3, -0.25) is 0 Å². The maximum Gasteiger partial charge on any atom is -0.0114 e. The molecule has 1 aliphatic rings. The Morgan fingerprint density at radius 3 is 1.53 bits per heavy atom. The van der Waals surface area contributed by atoms with E-state index in [9.17, 15) is 0 Å². The van der Waals surface area contributed by atoms with Crippen LogP contribution >= 0.6 is 0 Å². The molecule has 0 amide bonds. The van der Waals surface area contributed by atoms with Crippen molar-refractivity contribution in [3.05, 3.63) is 68.8 Å². The Bertz CT molecular complexity index is 861. The summed E-state index contributed by atoms with van der Waals surface area (Å²) in [5.74, 6) is 0. The van der Waals surface area contributed by atoms with Gasteiger partial charge in [-0.05, 0) is 104 Å². The minimum Gasteiger partial charge on any atom is -0.0801 e. The molecule has 0 radical (unpaired) electrons. The number of rotatable bonds is 1. The molecule has 0 unspecified atom stereocenters. The summed E-state index contributed by atoms with van der Waals surface area (Å²) >= 11 is 0. The minimum atomic E-state index is 1.02. The van der Waals surface area contributed by atoms with E-state index in [0.29, 0.717) is 0 Å². The van der Waals surface area contributed by atoms with Crippen LogP contribution in [-0.4, -0.2) is 0 Å². The van der Waals surface area contributed by atoms with Crippen molar-refractivity contribution in [2.45, 2.75) is 95.9 Å². The van der Waals surface area contributed by atoms with Gasteiger partial charge >= 0.3 is 0 Å². The van der Waals surface area contributed by atoms with Crippen LogP contribution in [0.2, 0.25) is 0 Å². The van der Waals surface area contributed by atoms with Gasteiger partial charge in [0.2, 0.25) is 0 Å². The number of allylic oxidation sites excluding steroid dienone is 2. The van der Waals surface area contributed by atoms with Crippen molar-refractivity contribution in [1.29, 1.82) is 0 Å². The third-order valence-electron chi connectivity index (χ3n) is 5.36. The molecule has 0 heteroatoms. The highest BCUT2D eigenvalue weighted by atomic mass is 14.2. The molecule has 0 atom stereocenters. The van der Waals surface area contributed by atoms with Crippen LogP contribution in [0, 0.1) is 41.5 Å². The van der Waals surface area contributed by atoms with Gasteiger partial charge in [-0.2, -0.15) is 0 Å². The zero-order chi connectivity index (χ0) is 23.4. The zero-order valence-electron chi connectivity index (χ0n) is 21.9. The summed E-state index contributed by atoms with van der Waals surface area (Å²) in [4.78, 5) is 0. The fraction of sp³-hybridized carbons (Fsp3) is 0.467. The van der Waals surface area contributed by atoms with E-state index in [4.69, 9.17) is 0 Å². The summed E-state index contributed by atoms with van der Waals surface area (Å²) < 4.78 is 0. The second-order valence-electron chi connectivity index (χ2n) is 7.58. The fourth-order valence-corrected chi connectivity index (χ4v) is 3.72. The normalized spacial score (nSPS) is 11.1. The summed E-state index contributed by atoms with van der Waals surface area (Å²) in [6.45, 7) is 25.7. The lowest BCUT2D eigenvalue weighted by Crippen LogP contribution is -2.01. The SMILES string of the molecule is CC.CC.CCC.Cc1cc(C)c(-c2c(C)c(C)c3c(c2C)C=CCC=C3)cc1C. The quantitative estimate of drug-likeness (QED) is 0.442. The van der Waals surface area contributed by atoms with Crippen molar-refractivity contribution in [2.24, 2.45) is 0 Å². The van der Waals surface area contributed by atoms with E-state index in [-0.39, 0.29) is 0 Å². The molecule has 0 saturated carbocycles. The van der Waals surface area contributed by atoms with E-state index in [1.807, 2.05) is 27.7 Å². The Morgan fingerprint density at radius 1 is 0.600 bits per heavy atom. The van der Waals surface area contributed by atoms with Crippen molar-refractivity contribution in [2.75, 3.05) is 0 Å². The van der Waals surface area contributed by atoms with Crippen LogP contribution in [0.4, 0.5) is 0 Å². The van der Waals surface area contributed by atoms with E-state index in [2.05, 4.69) is 91.8 Å². The molecule has 0 fully saturated rings. The van der Waals surface area contributed by atoms with Gasteiger partial charge in [-0.1, -0.05) is 84.4 Å². The first-order valence-electron chi connectivity index (χ1n) is 11.9. The van der Waals surface area contributed by atoms with E-state index in [1.165, 1.54) is 62.1 Å². The van der Waals surface area contributed by atoms with E-state index >= 15 is 0 Å². The largest absolute Gasteiger partial charge is 0.0801 e. The van der Waals surface area contributed by atoms with Crippen molar-refractivity contribution < 1.29 is 0 Å². The predicted octanol–water partition coefficient (Wildman–Crippen LogP) is 10.1. The number of hydrogen-bond acceptors (Lipinski definition) is 0. The van der Waals surface area contributed by atoms with Gasteiger partial charge < -0.3 is 0 Å². The molecule has 0 N–H and O–H groups in total. The molecule has 0 bridgehead atoms. The molecule has 166 valence electrons. The van der Waals surface area contributed by atoms with Gasteiger partial charge in [-0.15, -0.1) is 0 Å². The van der Waals surface area contributed by atoms with Crippen LogP contribution in [0.15, 0.2) is 24.3 Å². The van der Waals surface area contributed by atoms with Crippen LogP contribution in [0.1, 0.15) is 98.9 Å². The summed E-state index contributed by atoms with van der Waals surface area (Å²) in [7, 11) is 0. The number of aryl methyl sites for hydroxylation is 3. The highest BCUT2D eigenvalue weighted by Crippen LogP contribution is 2.38. The summed E-state index contributed by atoms with van der Waals surface area (Å²) in [5.41, 5.74) is 13.9. The maximum atomic E-state index is 2.36. The minimum absolute atomic E-state index is 1.02. The first-order chi connectivity index (χ1) is 14.3. The lowest BCUT2D eigenvalue weighted by Gasteiger charge is -2.21. The highest BCUT2D eigenvalue weighted by molar-refractivity contribution is 5.84. The second-order valence-corrected chi connectivity index (χ2v) is 7.58. The van der Waals surface area contributed by atoms with Crippen LogP contribution < -0.4 is 0 Å². The first kappa shape index (κ1) is 27.9. The Morgan fingerprint density at radius 2 is 1.03 bits per heavy atom. The Kier molecular flexibility index (Phi) is 13.0. The molecule has 2 aromatic rings. The van der Waals surface area contributed by atoms with E-state index in [1.54, 1.807) is 0 Å². The smallest absolute Gasteiger partial charge is 0.0114 e. The third kappa shape index (κ3) is 6.46.